The summed E-state index contributed by atoms with van der Waals surface area (Å²) in [5, 5.41) is 3.91. The molecule has 3 aromatic rings. The number of carbonyl (C=O) groups is 1. The molecule has 0 bridgehead atoms. The summed E-state index contributed by atoms with van der Waals surface area (Å²) in [7, 11) is 3.47. The van der Waals surface area contributed by atoms with E-state index in [4.69, 9.17) is 4.52 Å². The third kappa shape index (κ3) is 5.88. The topological polar surface area (TPSA) is 65.7 Å². The van der Waals surface area contributed by atoms with Crippen LogP contribution >= 0.6 is 0 Å². The first-order valence-corrected chi connectivity index (χ1v) is 11.4. The van der Waals surface area contributed by atoms with E-state index in [1.54, 1.807) is 19.0 Å². The zero-order chi connectivity index (χ0) is 25.2. The third-order valence-electron chi connectivity index (χ3n) is 6.19. The molecule has 1 aromatic heterocycles. The molecule has 1 saturated heterocycles. The number of hydrogen-bond donors (Lipinski definition) is 0. The van der Waals surface area contributed by atoms with E-state index < -0.39 is 11.7 Å². The van der Waals surface area contributed by atoms with E-state index in [9.17, 15) is 18.0 Å². The number of carbonyl (C=O) groups excluding carboxylic acids is 1. The molecule has 0 saturated carbocycles. The minimum absolute atomic E-state index is 0.0189. The van der Waals surface area contributed by atoms with Gasteiger partial charge in [0.25, 0.3) is 5.91 Å². The molecule has 1 amide bonds. The minimum atomic E-state index is -4.43. The number of amides is 1. The molecule has 1 aliphatic heterocycles. The molecule has 4 rings (SSSR count). The van der Waals surface area contributed by atoms with Crippen molar-refractivity contribution in [1.82, 2.24) is 24.8 Å². The van der Waals surface area contributed by atoms with Crippen LogP contribution < -0.4 is 0 Å². The van der Waals surface area contributed by atoms with Gasteiger partial charge in [0, 0.05) is 57.9 Å². The lowest BCUT2D eigenvalue weighted by molar-refractivity contribution is -0.137. The molecule has 2 heterocycles. The highest BCUT2D eigenvalue weighted by Crippen LogP contribution is 2.32. The van der Waals surface area contributed by atoms with Crippen molar-refractivity contribution in [2.24, 2.45) is 0 Å². The smallest absolute Gasteiger partial charge is 0.345 e. The Morgan fingerprint density at radius 1 is 1.09 bits per heavy atom. The standard InChI is InChI=1S/C25H28F3N5O2/c1-17(23-29-22(30-35-23)19-7-5-9-21(15-19)25(26,27)28)33-12-10-32(11-13-33)16-18-6-4-8-20(14-18)24(34)31(2)3/h4-9,14-15,17H,10-13,16H2,1-3H3. The van der Waals surface area contributed by atoms with Gasteiger partial charge < -0.3 is 9.42 Å². The number of nitrogens with zero attached hydrogens (tertiary/aromatic N) is 5. The summed E-state index contributed by atoms with van der Waals surface area (Å²) in [6, 6.07) is 12.4. The SMILES string of the molecule is CC(c1nc(-c2cccc(C(F)(F)F)c2)no1)N1CCN(Cc2cccc(C(=O)N(C)C)c2)CC1. The molecule has 1 aliphatic rings. The highest BCUT2D eigenvalue weighted by atomic mass is 19.4. The van der Waals surface area contributed by atoms with Crippen molar-refractivity contribution in [2.45, 2.75) is 25.7 Å². The maximum Gasteiger partial charge on any atom is 0.416 e. The zero-order valence-electron chi connectivity index (χ0n) is 19.9. The largest absolute Gasteiger partial charge is 0.416 e. The first-order chi connectivity index (χ1) is 16.6. The first-order valence-electron chi connectivity index (χ1n) is 11.4. The Labute approximate surface area is 202 Å². The van der Waals surface area contributed by atoms with Gasteiger partial charge in [0.05, 0.1) is 11.6 Å². The molecule has 1 atom stereocenters. The quantitative estimate of drug-likeness (QED) is 0.516. The predicted octanol–water partition coefficient (Wildman–Crippen LogP) is 4.34. The lowest BCUT2D eigenvalue weighted by Gasteiger charge is -2.36. The maximum absolute atomic E-state index is 13.0. The van der Waals surface area contributed by atoms with Crippen LogP contribution in [0, 0.1) is 0 Å². The van der Waals surface area contributed by atoms with Crippen molar-refractivity contribution in [3.8, 4) is 11.4 Å². The Balaban J connectivity index is 1.36. The second-order valence-electron chi connectivity index (χ2n) is 8.92. The number of aromatic nitrogens is 2. The molecule has 1 unspecified atom stereocenters. The molecule has 10 heteroatoms. The Bertz CT molecular complexity index is 1170. The maximum atomic E-state index is 13.0. The molecule has 2 aromatic carbocycles. The van der Waals surface area contributed by atoms with Crippen LogP contribution in [0.5, 0.6) is 0 Å². The van der Waals surface area contributed by atoms with E-state index in [0.717, 1.165) is 50.4 Å². The van der Waals surface area contributed by atoms with Gasteiger partial charge in [0.1, 0.15) is 0 Å². The fraction of sp³-hybridized carbons (Fsp3) is 0.400. The summed E-state index contributed by atoms with van der Waals surface area (Å²) in [5.41, 5.74) is 1.28. The number of rotatable bonds is 6. The molecule has 0 spiro atoms. The zero-order valence-corrected chi connectivity index (χ0v) is 19.9. The lowest BCUT2D eigenvalue weighted by Crippen LogP contribution is -2.46. The van der Waals surface area contributed by atoms with Crippen LogP contribution in [0.4, 0.5) is 13.2 Å². The Morgan fingerprint density at radius 2 is 1.80 bits per heavy atom. The van der Waals surface area contributed by atoms with Crippen molar-refractivity contribution in [2.75, 3.05) is 40.3 Å². The van der Waals surface area contributed by atoms with Crippen LogP contribution in [0.1, 0.15) is 40.3 Å². The Morgan fingerprint density at radius 3 is 2.49 bits per heavy atom. The summed E-state index contributed by atoms with van der Waals surface area (Å²) in [5.74, 6) is 0.499. The van der Waals surface area contributed by atoms with Gasteiger partial charge in [0.2, 0.25) is 11.7 Å². The van der Waals surface area contributed by atoms with Gasteiger partial charge >= 0.3 is 6.18 Å². The van der Waals surface area contributed by atoms with Crippen LogP contribution in [0.25, 0.3) is 11.4 Å². The molecule has 35 heavy (non-hydrogen) atoms. The van der Waals surface area contributed by atoms with Crippen molar-refractivity contribution >= 4 is 5.91 Å². The average molecular weight is 488 g/mol. The summed E-state index contributed by atoms with van der Waals surface area (Å²) in [4.78, 5) is 22.7. The van der Waals surface area contributed by atoms with Gasteiger partial charge in [-0.1, -0.05) is 29.4 Å². The number of benzene rings is 2. The Kier molecular flexibility index (Phi) is 7.23. The minimum Gasteiger partial charge on any atom is -0.345 e. The van der Waals surface area contributed by atoms with Gasteiger partial charge in [-0.05, 0) is 36.8 Å². The molecule has 186 valence electrons. The van der Waals surface area contributed by atoms with Gasteiger partial charge in [-0.3, -0.25) is 14.6 Å². The van der Waals surface area contributed by atoms with Crippen LogP contribution in [0.2, 0.25) is 0 Å². The molecular formula is C25H28F3N5O2. The fourth-order valence-corrected chi connectivity index (χ4v) is 4.14. The second-order valence-corrected chi connectivity index (χ2v) is 8.92. The Hall–Kier alpha value is -3.24. The van der Waals surface area contributed by atoms with Crippen LogP contribution in [-0.2, 0) is 12.7 Å². The molecule has 0 N–H and O–H groups in total. The summed E-state index contributed by atoms with van der Waals surface area (Å²) in [6.07, 6.45) is -4.43. The molecule has 0 aliphatic carbocycles. The van der Waals surface area contributed by atoms with Gasteiger partial charge in [-0.2, -0.15) is 18.2 Å². The lowest BCUT2D eigenvalue weighted by atomic mass is 10.1. The van der Waals surface area contributed by atoms with E-state index in [1.165, 1.54) is 12.1 Å². The van der Waals surface area contributed by atoms with Crippen molar-refractivity contribution in [3.63, 3.8) is 0 Å². The first kappa shape index (κ1) is 24.9. The molecule has 1 fully saturated rings. The summed E-state index contributed by atoms with van der Waals surface area (Å²) >= 11 is 0. The summed E-state index contributed by atoms with van der Waals surface area (Å²) < 4.78 is 44.5. The number of piperazine rings is 1. The van der Waals surface area contributed by atoms with Crippen molar-refractivity contribution < 1.29 is 22.5 Å². The second kappa shape index (κ2) is 10.2. The molecule has 0 radical (unpaired) electrons. The van der Waals surface area contributed by atoms with Crippen LogP contribution in [-0.4, -0.2) is 71.0 Å². The van der Waals surface area contributed by atoms with Gasteiger partial charge in [-0.15, -0.1) is 0 Å². The highest BCUT2D eigenvalue weighted by molar-refractivity contribution is 5.94. The van der Waals surface area contributed by atoms with Gasteiger partial charge in [-0.25, -0.2) is 0 Å². The highest BCUT2D eigenvalue weighted by Gasteiger charge is 2.31. The number of alkyl halides is 3. The van der Waals surface area contributed by atoms with E-state index >= 15 is 0 Å². The van der Waals surface area contributed by atoms with Crippen molar-refractivity contribution in [1.29, 1.82) is 0 Å². The van der Waals surface area contributed by atoms with Crippen molar-refractivity contribution in [3.05, 3.63) is 71.1 Å². The predicted molar refractivity (Wildman–Crippen MR) is 124 cm³/mol. The van der Waals surface area contributed by atoms with Crippen LogP contribution in [0.3, 0.4) is 0 Å². The van der Waals surface area contributed by atoms with E-state index in [2.05, 4.69) is 19.9 Å². The normalized spacial score (nSPS) is 16.3. The molecular weight excluding hydrogens is 459 g/mol. The van der Waals surface area contributed by atoms with E-state index in [1.807, 2.05) is 31.2 Å². The average Bonchev–Trinajstić information content (AvgIpc) is 3.34. The third-order valence-corrected chi connectivity index (χ3v) is 6.19. The number of halogens is 3. The van der Waals surface area contributed by atoms with Crippen LogP contribution in [0.15, 0.2) is 53.1 Å². The monoisotopic (exact) mass is 487 g/mol. The summed E-state index contributed by atoms with van der Waals surface area (Å²) in [6.45, 7) is 5.90. The van der Waals surface area contributed by atoms with E-state index in [-0.39, 0.29) is 23.3 Å². The van der Waals surface area contributed by atoms with E-state index in [0.29, 0.717) is 11.5 Å². The molecule has 7 nitrogen and oxygen atoms in total. The van der Waals surface area contributed by atoms with Gasteiger partial charge in [0.15, 0.2) is 0 Å². The fourth-order valence-electron chi connectivity index (χ4n) is 4.14. The number of hydrogen-bond acceptors (Lipinski definition) is 6.